The fourth-order valence-electron chi connectivity index (χ4n) is 1.64. The first-order valence-corrected chi connectivity index (χ1v) is 7.51. The molecule has 0 bridgehead atoms. The molecule has 7 heteroatoms. The molecule has 0 aliphatic rings. The third kappa shape index (κ3) is 4.22. The van der Waals surface area contributed by atoms with Crippen molar-refractivity contribution in [2.75, 3.05) is 12.4 Å². The van der Waals surface area contributed by atoms with Crippen LogP contribution in [0.5, 0.6) is 5.75 Å². The summed E-state index contributed by atoms with van der Waals surface area (Å²) in [4.78, 5) is 10.8. The molecular weight excluding hydrogens is 290 g/mol. The smallest absolute Gasteiger partial charge is 0.335 e. The summed E-state index contributed by atoms with van der Waals surface area (Å²) in [5.74, 6) is 1.38. The maximum atomic E-state index is 10.8. The van der Waals surface area contributed by atoms with Gasteiger partial charge in [0.1, 0.15) is 11.6 Å². The summed E-state index contributed by atoms with van der Waals surface area (Å²) in [7, 11) is 1.94. The summed E-state index contributed by atoms with van der Waals surface area (Å²) in [6, 6.07) is 6.50. The van der Waals surface area contributed by atoms with Crippen molar-refractivity contribution in [3.05, 3.63) is 35.7 Å². The standard InChI is InChI=1S/C14H17N3O3S/c1-10-15-16-14(17(10)2)21-8-4-7-20-12-6-3-5-11(9-12)13(18)19/h3,5-6,9H,4,7-8H2,1-2H3,(H,18,19). The molecule has 0 amide bonds. The number of aryl methyl sites for hydroxylation is 1. The second-order valence-corrected chi connectivity index (χ2v) is 5.53. The molecule has 21 heavy (non-hydrogen) atoms. The van der Waals surface area contributed by atoms with Crippen LogP contribution in [0.4, 0.5) is 0 Å². The van der Waals surface area contributed by atoms with Crippen molar-refractivity contribution in [3.63, 3.8) is 0 Å². The van der Waals surface area contributed by atoms with Crippen LogP contribution in [-0.4, -0.2) is 38.2 Å². The van der Waals surface area contributed by atoms with Crippen LogP contribution in [0.25, 0.3) is 0 Å². The Hall–Kier alpha value is -2.02. The quantitative estimate of drug-likeness (QED) is 0.625. The molecule has 0 saturated carbocycles. The number of hydrogen-bond donors (Lipinski definition) is 1. The fraction of sp³-hybridized carbons (Fsp3) is 0.357. The number of nitrogens with zero attached hydrogens (tertiary/aromatic N) is 3. The number of aromatic carboxylic acids is 1. The second-order valence-electron chi connectivity index (χ2n) is 4.47. The number of benzene rings is 1. The van der Waals surface area contributed by atoms with Crippen molar-refractivity contribution in [1.82, 2.24) is 14.8 Å². The summed E-state index contributed by atoms with van der Waals surface area (Å²) < 4.78 is 7.50. The van der Waals surface area contributed by atoms with Gasteiger partial charge in [-0.15, -0.1) is 10.2 Å². The minimum atomic E-state index is -0.950. The Kier molecular flexibility index (Phi) is 5.21. The van der Waals surface area contributed by atoms with E-state index >= 15 is 0 Å². The van der Waals surface area contributed by atoms with Gasteiger partial charge in [0.05, 0.1) is 12.2 Å². The Morgan fingerprint density at radius 2 is 2.24 bits per heavy atom. The molecule has 1 heterocycles. The molecule has 1 N–H and O–H groups in total. The van der Waals surface area contributed by atoms with Crippen molar-refractivity contribution in [2.45, 2.75) is 18.5 Å². The topological polar surface area (TPSA) is 77.2 Å². The highest BCUT2D eigenvalue weighted by molar-refractivity contribution is 7.99. The van der Waals surface area contributed by atoms with E-state index in [0.717, 1.165) is 23.2 Å². The van der Waals surface area contributed by atoms with Crippen LogP contribution >= 0.6 is 11.8 Å². The first kappa shape index (κ1) is 15.4. The summed E-state index contributed by atoms with van der Waals surface area (Å²) in [6.45, 7) is 2.45. The predicted octanol–water partition coefficient (Wildman–Crippen LogP) is 2.38. The Balaban J connectivity index is 1.74. The zero-order chi connectivity index (χ0) is 15.2. The van der Waals surface area contributed by atoms with Gasteiger partial charge in [-0.3, -0.25) is 0 Å². The van der Waals surface area contributed by atoms with E-state index in [9.17, 15) is 4.79 Å². The molecule has 2 rings (SSSR count). The Morgan fingerprint density at radius 1 is 1.43 bits per heavy atom. The normalized spacial score (nSPS) is 10.6. The van der Waals surface area contributed by atoms with Crippen LogP contribution in [0.15, 0.2) is 29.4 Å². The molecule has 2 aromatic rings. The molecule has 1 aromatic carbocycles. The number of carboxylic acids is 1. The highest BCUT2D eigenvalue weighted by atomic mass is 32.2. The predicted molar refractivity (Wildman–Crippen MR) is 80.0 cm³/mol. The van der Waals surface area contributed by atoms with E-state index < -0.39 is 5.97 Å². The molecule has 0 atom stereocenters. The number of ether oxygens (including phenoxy) is 1. The van der Waals surface area contributed by atoms with E-state index in [2.05, 4.69) is 10.2 Å². The maximum Gasteiger partial charge on any atom is 0.335 e. The lowest BCUT2D eigenvalue weighted by molar-refractivity contribution is 0.0696. The van der Waals surface area contributed by atoms with Crippen LogP contribution in [0.3, 0.4) is 0 Å². The van der Waals surface area contributed by atoms with E-state index in [1.165, 1.54) is 6.07 Å². The number of aromatic nitrogens is 3. The van der Waals surface area contributed by atoms with Gasteiger partial charge in [-0.2, -0.15) is 0 Å². The van der Waals surface area contributed by atoms with Crippen molar-refractivity contribution in [3.8, 4) is 5.75 Å². The molecule has 0 spiro atoms. The van der Waals surface area contributed by atoms with Gasteiger partial charge in [-0.05, 0) is 31.5 Å². The molecule has 0 aliphatic heterocycles. The van der Waals surface area contributed by atoms with Gasteiger partial charge in [0.2, 0.25) is 0 Å². The van der Waals surface area contributed by atoms with Crippen molar-refractivity contribution >= 4 is 17.7 Å². The number of carboxylic acid groups (broad SMARTS) is 1. The van der Waals surface area contributed by atoms with Crippen LogP contribution in [0.2, 0.25) is 0 Å². The van der Waals surface area contributed by atoms with E-state index in [0.29, 0.717) is 12.4 Å². The maximum absolute atomic E-state index is 10.8. The zero-order valence-electron chi connectivity index (χ0n) is 11.9. The molecule has 0 unspecified atom stereocenters. The first-order valence-electron chi connectivity index (χ1n) is 6.53. The Morgan fingerprint density at radius 3 is 2.90 bits per heavy atom. The van der Waals surface area contributed by atoms with Gasteiger partial charge in [0.25, 0.3) is 0 Å². The lowest BCUT2D eigenvalue weighted by Crippen LogP contribution is -2.02. The second kappa shape index (κ2) is 7.12. The molecule has 0 saturated heterocycles. The molecule has 112 valence electrons. The third-order valence-corrected chi connectivity index (χ3v) is 4.03. The van der Waals surface area contributed by atoms with Gasteiger partial charge < -0.3 is 14.4 Å². The number of hydrogen-bond acceptors (Lipinski definition) is 5. The minimum Gasteiger partial charge on any atom is -0.494 e. The Labute approximate surface area is 127 Å². The lowest BCUT2D eigenvalue weighted by Gasteiger charge is -2.06. The van der Waals surface area contributed by atoms with Gasteiger partial charge in [0, 0.05) is 12.8 Å². The zero-order valence-corrected chi connectivity index (χ0v) is 12.8. The van der Waals surface area contributed by atoms with Gasteiger partial charge in [-0.25, -0.2) is 4.79 Å². The van der Waals surface area contributed by atoms with Crippen LogP contribution in [-0.2, 0) is 7.05 Å². The third-order valence-electron chi connectivity index (χ3n) is 2.92. The van der Waals surface area contributed by atoms with E-state index in [-0.39, 0.29) is 5.56 Å². The average Bonchev–Trinajstić information content (AvgIpc) is 2.79. The highest BCUT2D eigenvalue weighted by Gasteiger charge is 2.06. The SMILES string of the molecule is Cc1nnc(SCCCOc2cccc(C(=O)O)c2)n1C. The summed E-state index contributed by atoms with van der Waals surface area (Å²) in [5.41, 5.74) is 0.233. The summed E-state index contributed by atoms with van der Waals surface area (Å²) >= 11 is 1.63. The first-order chi connectivity index (χ1) is 10.1. The van der Waals surface area contributed by atoms with E-state index in [1.807, 2.05) is 18.5 Å². The monoisotopic (exact) mass is 307 g/mol. The molecule has 0 radical (unpaired) electrons. The van der Waals surface area contributed by atoms with Crippen molar-refractivity contribution in [2.24, 2.45) is 7.05 Å². The molecule has 1 aromatic heterocycles. The average molecular weight is 307 g/mol. The van der Waals surface area contributed by atoms with Crippen LogP contribution in [0, 0.1) is 6.92 Å². The molecule has 6 nitrogen and oxygen atoms in total. The summed E-state index contributed by atoms with van der Waals surface area (Å²) in [6.07, 6.45) is 0.841. The van der Waals surface area contributed by atoms with Crippen LogP contribution < -0.4 is 4.74 Å². The van der Waals surface area contributed by atoms with Crippen molar-refractivity contribution < 1.29 is 14.6 Å². The minimum absolute atomic E-state index is 0.233. The fourth-order valence-corrected chi connectivity index (χ4v) is 2.51. The van der Waals surface area contributed by atoms with Gasteiger partial charge >= 0.3 is 5.97 Å². The van der Waals surface area contributed by atoms with Crippen LogP contribution in [0.1, 0.15) is 22.6 Å². The number of carbonyl (C=O) groups is 1. The number of rotatable bonds is 7. The molecule has 0 fully saturated rings. The molecule has 0 aliphatic carbocycles. The van der Waals surface area contributed by atoms with Gasteiger partial charge in [0.15, 0.2) is 5.16 Å². The van der Waals surface area contributed by atoms with Gasteiger partial charge in [-0.1, -0.05) is 17.8 Å². The van der Waals surface area contributed by atoms with E-state index in [1.54, 1.807) is 30.0 Å². The lowest BCUT2D eigenvalue weighted by atomic mass is 10.2. The summed E-state index contributed by atoms with van der Waals surface area (Å²) in [5, 5.41) is 17.9. The number of thioether (sulfide) groups is 1. The largest absolute Gasteiger partial charge is 0.494 e. The highest BCUT2D eigenvalue weighted by Crippen LogP contribution is 2.17. The van der Waals surface area contributed by atoms with E-state index in [4.69, 9.17) is 9.84 Å². The van der Waals surface area contributed by atoms with Crippen molar-refractivity contribution in [1.29, 1.82) is 0 Å². The Bertz CT molecular complexity index is 628. The molecular formula is C14H17N3O3S.